The van der Waals surface area contributed by atoms with Crippen LogP contribution in [0.25, 0.3) is 0 Å². The molecule has 8 heteroatoms. The number of anilines is 1. The van der Waals surface area contributed by atoms with Crippen LogP contribution in [0.5, 0.6) is 11.5 Å². The van der Waals surface area contributed by atoms with E-state index in [0.29, 0.717) is 17.2 Å². The summed E-state index contributed by atoms with van der Waals surface area (Å²) < 4.78 is 36.3. The first-order valence-corrected chi connectivity index (χ1v) is 7.34. The predicted molar refractivity (Wildman–Crippen MR) is 87.9 cm³/mol. The second-order valence-corrected chi connectivity index (χ2v) is 5.09. The van der Waals surface area contributed by atoms with Crippen LogP contribution in [-0.4, -0.2) is 31.9 Å². The van der Waals surface area contributed by atoms with Crippen molar-refractivity contribution in [1.29, 1.82) is 0 Å². The molecule has 134 valence electrons. The summed E-state index contributed by atoms with van der Waals surface area (Å²) in [5, 5.41) is 15.0. The minimum atomic E-state index is -1.19. The average molecular weight is 352 g/mol. The van der Waals surface area contributed by atoms with E-state index in [0.717, 1.165) is 12.1 Å². The molecule has 0 bridgehead atoms. The molecule has 0 aromatic heterocycles. The van der Waals surface area contributed by atoms with Gasteiger partial charge in [0.1, 0.15) is 11.5 Å². The topological polar surface area (TPSA) is 79.8 Å². The second kappa shape index (κ2) is 8.29. The predicted octanol–water partition coefficient (Wildman–Crippen LogP) is 2.84. The highest BCUT2D eigenvalue weighted by atomic mass is 19.2. The molecular weight excluding hydrogens is 334 g/mol. The molecule has 6 nitrogen and oxygen atoms in total. The lowest BCUT2D eigenvalue weighted by atomic mass is 10.1. The molecule has 0 fully saturated rings. The normalized spacial score (nSPS) is 11.6. The largest absolute Gasteiger partial charge is 0.497 e. The second-order valence-electron chi connectivity index (χ2n) is 5.09. The Bertz CT molecular complexity index is 755. The van der Waals surface area contributed by atoms with Crippen molar-refractivity contribution in [1.82, 2.24) is 5.32 Å². The molecular formula is C17H18F2N2O4. The maximum Gasteiger partial charge on any atom is 0.319 e. The first kappa shape index (κ1) is 18.5. The summed E-state index contributed by atoms with van der Waals surface area (Å²) in [5.41, 5.74) is 0.528. The standard InChI is InChI=1S/C17H18F2N2O4/c1-24-11-4-6-16(25-2)14(8-11)21-17(23)20-9-15(22)10-3-5-12(18)13(19)7-10/h3-8,15,22H,9H2,1-2H3,(H2,20,21,23)/t15-/m1/s1. The van der Waals surface area contributed by atoms with Crippen molar-refractivity contribution in [2.75, 3.05) is 26.1 Å². The van der Waals surface area contributed by atoms with Gasteiger partial charge < -0.3 is 25.2 Å². The Balaban J connectivity index is 1.97. The smallest absolute Gasteiger partial charge is 0.319 e. The molecule has 25 heavy (non-hydrogen) atoms. The molecule has 2 aromatic rings. The lowest BCUT2D eigenvalue weighted by Gasteiger charge is -2.15. The van der Waals surface area contributed by atoms with Gasteiger partial charge in [0, 0.05) is 12.6 Å². The van der Waals surface area contributed by atoms with E-state index in [2.05, 4.69) is 10.6 Å². The van der Waals surface area contributed by atoms with Gasteiger partial charge in [-0.25, -0.2) is 13.6 Å². The van der Waals surface area contributed by atoms with Crippen molar-refractivity contribution in [2.45, 2.75) is 6.10 Å². The fourth-order valence-electron chi connectivity index (χ4n) is 2.11. The lowest BCUT2D eigenvalue weighted by Crippen LogP contribution is -2.32. The minimum absolute atomic E-state index is 0.151. The molecule has 1 atom stereocenters. The minimum Gasteiger partial charge on any atom is -0.497 e. The number of aliphatic hydroxyl groups is 1. The number of nitrogens with one attached hydrogen (secondary N) is 2. The molecule has 0 heterocycles. The zero-order chi connectivity index (χ0) is 18.4. The molecule has 0 saturated heterocycles. The zero-order valence-electron chi connectivity index (χ0n) is 13.7. The van der Waals surface area contributed by atoms with Gasteiger partial charge >= 0.3 is 6.03 Å². The Morgan fingerprint density at radius 1 is 1.12 bits per heavy atom. The van der Waals surface area contributed by atoms with Gasteiger partial charge in [0.05, 0.1) is 26.0 Å². The Hall–Kier alpha value is -2.87. The summed E-state index contributed by atoms with van der Waals surface area (Å²) in [6.07, 6.45) is -1.19. The SMILES string of the molecule is COc1ccc(OC)c(NC(=O)NC[C@@H](O)c2ccc(F)c(F)c2)c1. The fourth-order valence-corrected chi connectivity index (χ4v) is 2.11. The third-order valence-electron chi connectivity index (χ3n) is 3.44. The molecule has 0 unspecified atom stereocenters. The number of halogens is 2. The number of carbonyl (C=O) groups is 1. The van der Waals surface area contributed by atoms with Gasteiger partial charge in [-0.15, -0.1) is 0 Å². The molecule has 0 aliphatic carbocycles. The summed E-state index contributed by atoms with van der Waals surface area (Å²) in [7, 11) is 2.95. The van der Waals surface area contributed by atoms with Crippen molar-refractivity contribution < 1.29 is 28.2 Å². The number of benzene rings is 2. The monoisotopic (exact) mass is 352 g/mol. The van der Waals surface area contributed by atoms with Crippen LogP contribution in [0.2, 0.25) is 0 Å². The van der Waals surface area contributed by atoms with Crippen LogP contribution in [0.1, 0.15) is 11.7 Å². The van der Waals surface area contributed by atoms with Gasteiger partial charge in [0.15, 0.2) is 11.6 Å². The molecule has 3 N–H and O–H groups in total. The first-order valence-electron chi connectivity index (χ1n) is 7.34. The molecule has 0 aliphatic heterocycles. The summed E-state index contributed by atoms with van der Waals surface area (Å²) >= 11 is 0. The number of hydrogen-bond donors (Lipinski definition) is 3. The average Bonchev–Trinajstić information content (AvgIpc) is 2.61. The van der Waals surface area contributed by atoms with Crippen molar-refractivity contribution >= 4 is 11.7 Å². The molecule has 2 amide bonds. The number of aliphatic hydroxyl groups excluding tert-OH is 1. The highest BCUT2D eigenvalue weighted by Crippen LogP contribution is 2.28. The van der Waals surface area contributed by atoms with E-state index in [4.69, 9.17) is 9.47 Å². The summed E-state index contributed by atoms with van der Waals surface area (Å²) in [6.45, 7) is -0.191. The van der Waals surface area contributed by atoms with Gasteiger partial charge in [-0.3, -0.25) is 0 Å². The maximum absolute atomic E-state index is 13.2. The Morgan fingerprint density at radius 3 is 2.52 bits per heavy atom. The van der Waals surface area contributed by atoms with Gasteiger partial charge in [-0.1, -0.05) is 6.07 Å². The Labute approximate surface area is 143 Å². The van der Waals surface area contributed by atoms with Crippen molar-refractivity contribution in [3.05, 3.63) is 53.6 Å². The Morgan fingerprint density at radius 2 is 1.88 bits per heavy atom. The Kier molecular flexibility index (Phi) is 6.13. The van der Waals surface area contributed by atoms with Crippen LogP contribution in [0.3, 0.4) is 0 Å². The summed E-state index contributed by atoms with van der Waals surface area (Å²) in [4.78, 5) is 12.0. The van der Waals surface area contributed by atoms with E-state index in [-0.39, 0.29) is 12.1 Å². The summed E-state index contributed by atoms with van der Waals surface area (Å²) in [5.74, 6) is -1.12. The van der Waals surface area contributed by atoms with E-state index in [9.17, 15) is 18.7 Å². The van der Waals surface area contributed by atoms with Crippen molar-refractivity contribution in [3.8, 4) is 11.5 Å². The van der Waals surface area contributed by atoms with Crippen LogP contribution in [-0.2, 0) is 0 Å². The molecule has 0 saturated carbocycles. The van der Waals surface area contributed by atoms with Gasteiger partial charge in [0.2, 0.25) is 0 Å². The lowest BCUT2D eigenvalue weighted by molar-refractivity contribution is 0.174. The highest BCUT2D eigenvalue weighted by molar-refractivity contribution is 5.91. The third-order valence-corrected chi connectivity index (χ3v) is 3.44. The van der Waals surface area contributed by atoms with Crippen molar-refractivity contribution in [2.24, 2.45) is 0 Å². The van der Waals surface area contributed by atoms with E-state index in [1.54, 1.807) is 18.2 Å². The number of ether oxygens (including phenoxy) is 2. The number of amides is 2. The first-order chi connectivity index (χ1) is 11.9. The molecule has 0 radical (unpaired) electrons. The van der Waals surface area contributed by atoms with Gasteiger partial charge in [-0.2, -0.15) is 0 Å². The summed E-state index contributed by atoms with van der Waals surface area (Å²) in [6, 6.07) is 7.31. The number of rotatable bonds is 6. The molecule has 2 aromatic carbocycles. The quantitative estimate of drug-likeness (QED) is 0.747. The van der Waals surface area contributed by atoms with E-state index in [1.165, 1.54) is 20.3 Å². The number of methoxy groups -OCH3 is 2. The molecule has 0 spiro atoms. The zero-order valence-corrected chi connectivity index (χ0v) is 13.7. The molecule has 2 rings (SSSR count). The number of urea groups is 1. The van der Waals surface area contributed by atoms with Crippen LogP contribution >= 0.6 is 0 Å². The van der Waals surface area contributed by atoms with Crippen LogP contribution in [0.4, 0.5) is 19.3 Å². The van der Waals surface area contributed by atoms with Gasteiger partial charge in [0.25, 0.3) is 0 Å². The maximum atomic E-state index is 13.2. The van der Waals surface area contributed by atoms with Gasteiger partial charge in [-0.05, 0) is 29.8 Å². The van der Waals surface area contributed by atoms with Crippen LogP contribution < -0.4 is 20.1 Å². The van der Waals surface area contributed by atoms with E-state index >= 15 is 0 Å². The van der Waals surface area contributed by atoms with Crippen molar-refractivity contribution in [3.63, 3.8) is 0 Å². The third kappa shape index (κ3) is 4.80. The molecule has 0 aliphatic rings. The van der Waals surface area contributed by atoms with E-state index < -0.39 is 23.8 Å². The highest BCUT2D eigenvalue weighted by Gasteiger charge is 2.13. The fraction of sp³-hybridized carbons (Fsp3) is 0.235. The number of carbonyl (C=O) groups excluding carboxylic acids is 1. The number of hydrogen-bond acceptors (Lipinski definition) is 4. The van der Waals surface area contributed by atoms with Crippen LogP contribution in [0.15, 0.2) is 36.4 Å². The van der Waals surface area contributed by atoms with Crippen LogP contribution in [0, 0.1) is 11.6 Å². The van der Waals surface area contributed by atoms with E-state index in [1.807, 2.05) is 0 Å².